The molecule has 1 heterocycles. The van der Waals surface area contributed by atoms with Gasteiger partial charge in [0.1, 0.15) is 31.8 Å². The lowest BCUT2D eigenvalue weighted by molar-refractivity contribution is -0.242. The van der Waals surface area contributed by atoms with Gasteiger partial charge in [0.2, 0.25) is 0 Å². The van der Waals surface area contributed by atoms with E-state index in [-0.39, 0.29) is 69.8 Å². The predicted octanol–water partition coefficient (Wildman–Crippen LogP) is 3.81. The van der Waals surface area contributed by atoms with E-state index in [2.05, 4.69) is 15.2 Å². The van der Waals surface area contributed by atoms with Crippen molar-refractivity contribution in [2.24, 2.45) is 4.99 Å². The molecule has 0 aromatic heterocycles. The fourth-order valence-electron chi connectivity index (χ4n) is 6.77. The summed E-state index contributed by atoms with van der Waals surface area (Å²) in [4.78, 5) is 18.9. The Morgan fingerprint density at radius 3 is 1.85 bits per heavy atom. The fraction of sp³-hybridized carbons (Fsp3) is 0.158. The first-order valence-corrected chi connectivity index (χ1v) is 25.6. The van der Waals surface area contributed by atoms with Gasteiger partial charge in [0.05, 0.1) is 34.0 Å². The second-order valence-electron chi connectivity index (χ2n) is 14.2. The number of hydrogen-bond acceptors (Lipinski definition) is 17. The van der Waals surface area contributed by atoms with Crippen LogP contribution in [0.15, 0.2) is 119 Å². The lowest BCUT2D eigenvalue weighted by Crippen LogP contribution is -2.28. The number of benzene rings is 5. The van der Waals surface area contributed by atoms with Gasteiger partial charge < -0.3 is 19.7 Å². The number of nitrogens with zero attached hydrogens (tertiary/aromatic N) is 2. The zero-order valence-electron chi connectivity index (χ0n) is 33.5. The number of amides is 1. The molecule has 0 fully saturated rings. The molecule has 4 aromatic rings. The van der Waals surface area contributed by atoms with Crippen molar-refractivity contribution in [1.82, 2.24) is 4.90 Å². The van der Waals surface area contributed by atoms with Crippen LogP contribution in [0.3, 0.4) is 0 Å². The Balaban J connectivity index is 1.62. The molecule has 1 aliphatic carbocycles. The topological polar surface area (TPSA) is 379 Å². The molecule has 352 valence electrons. The Labute approximate surface area is 375 Å². The third-order valence-electron chi connectivity index (χ3n) is 9.82. The summed E-state index contributed by atoms with van der Waals surface area (Å²) in [6.07, 6.45) is 0.206. The van der Waals surface area contributed by atoms with Gasteiger partial charge in [0, 0.05) is 54.3 Å². The minimum Gasteiger partial charge on any atom is -0.506 e. The van der Waals surface area contributed by atoms with Crippen LogP contribution in [0.4, 0.5) is 5.69 Å². The molecule has 0 unspecified atom stereocenters. The van der Waals surface area contributed by atoms with Crippen molar-refractivity contribution < 1.29 is 89.3 Å². The number of hydrogen-bond donors (Lipinski definition) is 8. The zero-order valence-corrected chi connectivity index (χ0v) is 37.6. The second-order valence-corrected chi connectivity index (χ2v) is 21.2. The van der Waals surface area contributed by atoms with Crippen LogP contribution < -0.4 is 10.7 Å². The van der Waals surface area contributed by atoms with E-state index in [1.165, 1.54) is 42.3 Å². The molecule has 2 aliphatic rings. The molecule has 1 amide bonds. The van der Waals surface area contributed by atoms with Gasteiger partial charge >= 0.3 is 0 Å². The highest BCUT2D eigenvalue weighted by Crippen LogP contribution is 2.45. The molecule has 6 rings (SSSR count). The van der Waals surface area contributed by atoms with Crippen LogP contribution >= 0.6 is 0 Å². The van der Waals surface area contributed by atoms with E-state index in [1.807, 2.05) is 0 Å². The first-order chi connectivity index (χ1) is 30.6. The zero-order chi connectivity index (χ0) is 48.7. The SMILES string of the molecule is CN(CCCOO)C(=O)c1ccccc1-c1c2cc(S(=O)(=O)O)/c(=N/Cc3ccc(S(=O)(=O)O)cc3S(=O)(=O)O)cc-2oc2cc(NCc3ccc(S(=O)(=O)O)cc3S(=O)(=O)O)c(O)cc12. The van der Waals surface area contributed by atoms with Crippen molar-refractivity contribution in [1.29, 1.82) is 0 Å². The van der Waals surface area contributed by atoms with Crippen LogP contribution in [-0.2, 0) is 68.6 Å². The fourth-order valence-corrected chi connectivity index (χ4v) is 10.1. The highest BCUT2D eigenvalue weighted by molar-refractivity contribution is 7.87. The normalized spacial score (nSPS) is 13.0. The molecule has 0 saturated carbocycles. The van der Waals surface area contributed by atoms with Crippen molar-refractivity contribution in [2.75, 3.05) is 25.5 Å². The van der Waals surface area contributed by atoms with Crippen LogP contribution in [0.25, 0.3) is 33.4 Å². The number of phenols is 1. The van der Waals surface area contributed by atoms with Crippen LogP contribution in [0.1, 0.15) is 27.9 Å². The summed E-state index contributed by atoms with van der Waals surface area (Å²) < 4.78 is 177. The smallest absolute Gasteiger partial charge is 0.296 e. The minimum absolute atomic E-state index is 0.000889. The van der Waals surface area contributed by atoms with Crippen molar-refractivity contribution in [3.63, 3.8) is 0 Å². The maximum Gasteiger partial charge on any atom is 0.296 e. The summed E-state index contributed by atoms with van der Waals surface area (Å²) in [6.45, 7) is -1.36. The maximum atomic E-state index is 14.0. The monoisotopic (exact) mass is 1010 g/mol. The average Bonchev–Trinajstić information content (AvgIpc) is 3.22. The van der Waals surface area contributed by atoms with Crippen LogP contribution in [-0.4, -0.2) is 106 Å². The van der Waals surface area contributed by atoms with Crippen LogP contribution in [0.2, 0.25) is 0 Å². The molecule has 0 atom stereocenters. The minimum atomic E-state index is -5.26. The number of nitrogens with one attached hydrogen (secondary N) is 1. The Morgan fingerprint density at radius 1 is 0.697 bits per heavy atom. The van der Waals surface area contributed by atoms with Gasteiger partial charge in [-0.2, -0.15) is 42.1 Å². The third kappa shape index (κ3) is 10.9. The largest absolute Gasteiger partial charge is 0.506 e. The molecular formula is C38H35N3O20S5. The summed E-state index contributed by atoms with van der Waals surface area (Å²) in [5, 5.41) is 22.3. The lowest BCUT2D eigenvalue weighted by Gasteiger charge is -2.22. The number of phenolic OH excluding ortho intramolecular Hbond substituents is 1. The van der Waals surface area contributed by atoms with E-state index in [4.69, 9.17) is 9.67 Å². The molecular weight excluding hydrogens is 979 g/mol. The van der Waals surface area contributed by atoms with Crippen molar-refractivity contribution in [2.45, 2.75) is 44.0 Å². The molecule has 8 N–H and O–H groups in total. The number of carbonyl (C=O) groups excluding carboxylic acids is 1. The Bertz CT molecular complexity index is 3560. The number of rotatable bonds is 16. The average molecular weight is 1010 g/mol. The molecule has 0 radical (unpaired) electrons. The molecule has 66 heavy (non-hydrogen) atoms. The summed E-state index contributed by atoms with van der Waals surface area (Å²) in [6, 6.07) is 14.6. The van der Waals surface area contributed by atoms with Crippen molar-refractivity contribution in [3.05, 3.63) is 107 Å². The van der Waals surface area contributed by atoms with E-state index in [0.717, 1.165) is 42.5 Å². The molecule has 0 bridgehead atoms. The molecule has 0 spiro atoms. The Kier molecular flexibility index (Phi) is 13.8. The summed E-state index contributed by atoms with van der Waals surface area (Å²) >= 11 is 0. The molecule has 23 nitrogen and oxygen atoms in total. The molecule has 4 aromatic carbocycles. The van der Waals surface area contributed by atoms with Gasteiger partial charge in [-0.25, -0.2) is 4.89 Å². The molecule has 28 heteroatoms. The van der Waals surface area contributed by atoms with E-state index < -0.39 is 111 Å². The Hall–Kier alpha value is -5.89. The Morgan fingerprint density at radius 2 is 1.27 bits per heavy atom. The van der Waals surface area contributed by atoms with Crippen molar-refractivity contribution >= 4 is 73.2 Å². The first kappa shape index (κ1) is 49.5. The summed E-state index contributed by atoms with van der Waals surface area (Å²) in [7, 11) is -24.0. The van der Waals surface area contributed by atoms with Gasteiger partial charge in [-0.15, -0.1) is 0 Å². The number of anilines is 1. The standard InChI is InChI=1S/C38H35N3O20S5/c1-41(11-4-12-60-44)38(43)26-6-3-2-5-25(26)37-27-15-31(42)29(39-19-21-7-9-23(62(45,46)47)13-34(21)64(51,52)53)17-32(27)61-33-18-30(36(16-28(33)37)66(57,58)59)40-20-22-8-10-24(63(48,49)50)14-35(22)65(54,55)56/h2-3,5-10,13-18,39,42,44H,4,11-12,19-20H2,1H3,(H,45,46,47)(H,48,49,50)(H,51,52,53)(H,54,55,56)(H,57,58,59)/b40-30+. The second kappa shape index (κ2) is 18.4. The van der Waals surface area contributed by atoms with Gasteiger partial charge in [-0.1, -0.05) is 30.3 Å². The quantitative estimate of drug-likeness (QED) is 0.0171. The molecule has 0 saturated heterocycles. The number of aromatic hydroxyl groups is 1. The van der Waals surface area contributed by atoms with Gasteiger partial charge in [0.25, 0.3) is 56.5 Å². The predicted molar refractivity (Wildman–Crippen MR) is 229 cm³/mol. The van der Waals surface area contributed by atoms with Gasteiger partial charge in [-0.3, -0.25) is 37.8 Å². The molecule has 1 aliphatic heterocycles. The van der Waals surface area contributed by atoms with Gasteiger partial charge in [0.15, 0.2) is 0 Å². The van der Waals surface area contributed by atoms with Crippen molar-refractivity contribution in [3.8, 4) is 28.2 Å². The van der Waals surface area contributed by atoms with Crippen LogP contribution in [0.5, 0.6) is 5.75 Å². The van der Waals surface area contributed by atoms with Gasteiger partial charge in [-0.05, 0) is 65.6 Å². The van der Waals surface area contributed by atoms with E-state index in [9.17, 15) is 74.8 Å². The van der Waals surface area contributed by atoms with E-state index >= 15 is 0 Å². The lowest BCUT2D eigenvalue weighted by atomic mass is 9.90. The summed E-state index contributed by atoms with van der Waals surface area (Å²) in [5.74, 6) is -1.39. The number of carbonyl (C=O) groups is 1. The summed E-state index contributed by atoms with van der Waals surface area (Å²) in [5.41, 5.74) is -0.944. The maximum absolute atomic E-state index is 14.0. The first-order valence-electron chi connectivity index (χ1n) is 18.4. The van der Waals surface area contributed by atoms with Crippen LogP contribution in [0, 0.1) is 0 Å². The highest BCUT2D eigenvalue weighted by Gasteiger charge is 2.28. The van der Waals surface area contributed by atoms with E-state index in [1.54, 1.807) is 0 Å². The number of fused-ring (bicyclic) bond motifs is 2. The third-order valence-corrected chi connectivity index (χ3v) is 14.3. The van der Waals surface area contributed by atoms with E-state index in [0.29, 0.717) is 12.1 Å². The highest BCUT2D eigenvalue weighted by atomic mass is 32.2.